The first-order valence-corrected chi connectivity index (χ1v) is 11.2. The van der Waals surface area contributed by atoms with Crippen LogP contribution < -0.4 is 0 Å². The molecule has 1 aliphatic heterocycles. The van der Waals surface area contributed by atoms with E-state index in [0.29, 0.717) is 11.4 Å². The molecule has 0 N–H and O–H groups in total. The molecule has 156 valence electrons. The second-order valence-electron chi connectivity index (χ2n) is 7.36. The van der Waals surface area contributed by atoms with Crippen molar-refractivity contribution in [1.82, 2.24) is 14.7 Å². The molecule has 1 saturated heterocycles. The van der Waals surface area contributed by atoms with Crippen LogP contribution in [0.4, 0.5) is 0 Å². The van der Waals surface area contributed by atoms with Crippen LogP contribution in [-0.2, 0) is 9.53 Å². The number of esters is 1. The fraction of sp³-hybridized carbons (Fsp3) is 0.348. The van der Waals surface area contributed by atoms with Gasteiger partial charge in [0.1, 0.15) is 5.69 Å². The molecule has 0 unspecified atom stereocenters. The van der Waals surface area contributed by atoms with Gasteiger partial charge in [-0.3, -0.25) is 4.79 Å². The van der Waals surface area contributed by atoms with Crippen molar-refractivity contribution in [3.8, 4) is 16.3 Å². The van der Waals surface area contributed by atoms with E-state index in [4.69, 9.17) is 4.74 Å². The SMILES string of the molecule is CC[C@H]1CCCCN1C(=O)COC(=O)c1cc(-c2cccs2)nn1-c1ccccc1. The molecule has 4 rings (SSSR count). The van der Waals surface area contributed by atoms with Crippen molar-refractivity contribution >= 4 is 23.2 Å². The molecule has 0 saturated carbocycles. The zero-order valence-electron chi connectivity index (χ0n) is 17.0. The summed E-state index contributed by atoms with van der Waals surface area (Å²) in [6.07, 6.45) is 4.08. The smallest absolute Gasteiger partial charge is 0.357 e. The maximum atomic E-state index is 12.9. The van der Waals surface area contributed by atoms with Gasteiger partial charge >= 0.3 is 5.97 Å². The van der Waals surface area contributed by atoms with Gasteiger partial charge in [-0.2, -0.15) is 5.10 Å². The number of ether oxygens (including phenoxy) is 1. The lowest BCUT2D eigenvalue weighted by Gasteiger charge is -2.35. The summed E-state index contributed by atoms with van der Waals surface area (Å²) in [7, 11) is 0. The van der Waals surface area contributed by atoms with Gasteiger partial charge in [0, 0.05) is 18.7 Å². The Hall–Kier alpha value is -2.93. The van der Waals surface area contributed by atoms with Crippen molar-refractivity contribution in [2.24, 2.45) is 0 Å². The van der Waals surface area contributed by atoms with Crippen molar-refractivity contribution in [3.05, 3.63) is 59.6 Å². The predicted octanol–water partition coefficient (Wildman–Crippen LogP) is 4.55. The normalized spacial score (nSPS) is 16.4. The third kappa shape index (κ3) is 4.31. The number of piperidine rings is 1. The van der Waals surface area contributed by atoms with Gasteiger partial charge in [-0.25, -0.2) is 9.48 Å². The number of likely N-dealkylation sites (tertiary alicyclic amines) is 1. The third-order valence-electron chi connectivity index (χ3n) is 5.44. The minimum atomic E-state index is -0.549. The number of benzene rings is 1. The minimum absolute atomic E-state index is 0.126. The molecular weight excluding hydrogens is 398 g/mol. The van der Waals surface area contributed by atoms with Gasteiger partial charge in [0.05, 0.1) is 10.6 Å². The highest BCUT2D eigenvalue weighted by atomic mass is 32.1. The Morgan fingerprint density at radius 2 is 2.00 bits per heavy atom. The van der Waals surface area contributed by atoms with E-state index in [2.05, 4.69) is 12.0 Å². The van der Waals surface area contributed by atoms with Crippen LogP contribution in [0.25, 0.3) is 16.3 Å². The van der Waals surface area contributed by atoms with Gasteiger partial charge < -0.3 is 9.64 Å². The van der Waals surface area contributed by atoms with Crippen molar-refractivity contribution in [1.29, 1.82) is 0 Å². The molecule has 0 radical (unpaired) electrons. The van der Waals surface area contributed by atoms with Crippen LogP contribution >= 0.6 is 11.3 Å². The molecule has 1 atom stereocenters. The largest absolute Gasteiger partial charge is 0.451 e. The molecule has 30 heavy (non-hydrogen) atoms. The van der Waals surface area contributed by atoms with E-state index >= 15 is 0 Å². The molecule has 0 aliphatic carbocycles. The molecule has 7 heteroatoms. The van der Waals surface area contributed by atoms with E-state index in [1.165, 1.54) is 0 Å². The topological polar surface area (TPSA) is 64.4 Å². The maximum absolute atomic E-state index is 12.9. The van der Waals surface area contributed by atoms with E-state index in [1.807, 2.05) is 52.7 Å². The number of amides is 1. The second-order valence-corrected chi connectivity index (χ2v) is 8.31. The highest BCUT2D eigenvalue weighted by Gasteiger charge is 2.27. The lowest BCUT2D eigenvalue weighted by atomic mass is 10.00. The van der Waals surface area contributed by atoms with Crippen molar-refractivity contribution in [3.63, 3.8) is 0 Å². The number of hydrogen-bond donors (Lipinski definition) is 0. The first-order valence-electron chi connectivity index (χ1n) is 10.3. The summed E-state index contributed by atoms with van der Waals surface area (Å²) in [5.74, 6) is -0.674. The lowest BCUT2D eigenvalue weighted by Crippen LogP contribution is -2.45. The van der Waals surface area contributed by atoms with E-state index in [-0.39, 0.29) is 18.6 Å². The van der Waals surface area contributed by atoms with Gasteiger partial charge in [-0.05, 0) is 49.3 Å². The van der Waals surface area contributed by atoms with Crippen LogP contribution in [0, 0.1) is 0 Å². The lowest BCUT2D eigenvalue weighted by molar-refractivity contribution is -0.138. The zero-order valence-corrected chi connectivity index (χ0v) is 17.8. The first-order chi connectivity index (χ1) is 14.7. The van der Waals surface area contributed by atoms with E-state index in [1.54, 1.807) is 22.1 Å². The zero-order chi connectivity index (χ0) is 20.9. The fourth-order valence-electron chi connectivity index (χ4n) is 3.87. The summed E-state index contributed by atoms with van der Waals surface area (Å²) in [4.78, 5) is 28.4. The molecular formula is C23H25N3O3S. The Labute approximate surface area is 180 Å². The summed E-state index contributed by atoms with van der Waals surface area (Å²) in [5, 5.41) is 6.59. The minimum Gasteiger partial charge on any atom is -0.451 e. The van der Waals surface area contributed by atoms with Gasteiger partial charge in [0.25, 0.3) is 5.91 Å². The fourth-order valence-corrected chi connectivity index (χ4v) is 4.56. The number of hydrogen-bond acceptors (Lipinski definition) is 5. The monoisotopic (exact) mass is 423 g/mol. The maximum Gasteiger partial charge on any atom is 0.357 e. The molecule has 6 nitrogen and oxygen atoms in total. The number of carbonyl (C=O) groups excluding carboxylic acids is 2. The van der Waals surface area contributed by atoms with Crippen LogP contribution in [0.5, 0.6) is 0 Å². The summed E-state index contributed by atoms with van der Waals surface area (Å²) in [6.45, 7) is 2.58. The molecule has 0 bridgehead atoms. The quantitative estimate of drug-likeness (QED) is 0.546. The second kappa shape index (κ2) is 9.26. The summed E-state index contributed by atoms with van der Waals surface area (Å²) in [6, 6.07) is 15.3. The Morgan fingerprint density at radius 1 is 1.17 bits per heavy atom. The van der Waals surface area contributed by atoms with Gasteiger partial charge in [0.15, 0.2) is 12.3 Å². The number of carbonyl (C=O) groups is 2. The van der Waals surface area contributed by atoms with Gasteiger partial charge in [-0.1, -0.05) is 31.2 Å². The van der Waals surface area contributed by atoms with Gasteiger partial charge in [0.2, 0.25) is 0 Å². The molecule has 1 amide bonds. The van der Waals surface area contributed by atoms with Crippen LogP contribution in [-0.4, -0.2) is 45.8 Å². The molecule has 3 aromatic rings. The van der Waals surface area contributed by atoms with Crippen LogP contribution in [0.15, 0.2) is 53.9 Å². The van der Waals surface area contributed by atoms with E-state index < -0.39 is 5.97 Å². The molecule has 1 aliphatic rings. The van der Waals surface area contributed by atoms with Gasteiger partial charge in [-0.15, -0.1) is 11.3 Å². The number of rotatable bonds is 6. The van der Waals surface area contributed by atoms with Crippen molar-refractivity contribution in [2.45, 2.75) is 38.6 Å². The van der Waals surface area contributed by atoms with Crippen molar-refractivity contribution < 1.29 is 14.3 Å². The Kier molecular flexibility index (Phi) is 6.28. The van der Waals surface area contributed by atoms with Crippen molar-refractivity contribution in [2.75, 3.05) is 13.2 Å². The molecule has 1 fully saturated rings. The summed E-state index contributed by atoms with van der Waals surface area (Å²) in [5.41, 5.74) is 1.78. The number of nitrogens with zero attached hydrogens (tertiary/aromatic N) is 3. The Bertz CT molecular complexity index is 998. The predicted molar refractivity (Wildman–Crippen MR) is 117 cm³/mol. The highest BCUT2D eigenvalue weighted by molar-refractivity contribution is 7.13. The highest BCUT2D eigenvalue weighted by Crippen LogP contribution is 2.26. The van der Waals surface area contributed by atoms with E-state index in [9.17, 15) is 9.59 Å². The molecule has 3 heterocycles. The number of thiophene rings is 1. The van der Waals surface area contributed by atoms with Crippen LogP contribution in [0.1, 0.15) is 43.1 Å². The van der Waals surface area contributed by atoms with Crippen LogP contribution in [0.3, 0.4) is 0 Å². The average Bonchev–Trinajstić information content (AvgIpc) is 3.48. The summed E-state index contributed by atoms with van der Waals surface area (Å²) >= 11 is 1.56. The Balaban J connectivity index is 1.53. The third-order valence-corrected chi connectivity index (χ3v) is 6.33. The van der Waals surface area contributed by atoms with E-state index in [0.717, 1.165) is 42.8 Å². The standard InChI is InChI=1S/C23H25N3O3S/c1-2-17-9-6-7-13-25(17)22(27)16-29-23(28)20-15-19(21-12-8-14-30-21)24-26(20)18-10-4-3-5-11-18/h3-5,8,10-12,14-15,17H,2,6-7,9,13,16H2,1H3/t17-/m0/s1. The Morgan fingerprint density at radius 3 is 2.73 bits per heavy atom. The first kappa shape index (κ1) is 20.3. The van der Waals surface area contributed by atoms with Crippen LogP contribution in [0.2, 0.25) is 0 Å². The molecule has 1 aromatic carbocycles. The summed E-state index contributed by atoms with van der Waals surface area (Å²) < 4.78 is 7.02. The molecule has 2 aromatic heterocycles. The molecule has 0 spiro atoms. The average molecular weight is 424 g/mol. The number of para-hydroxylation sites is 1. The number of aromatic nitrogens is 2.